The van der Waals surface area contributed by atoms with Gasteiger partial charge in [0.15, 0.2) is 0 Å². The number of aromatic nitrogens is 2. The Labute approximate surface area is 192 Å². The van der Waals surface area contributed by atoms with Gasteiger partial charge in [0, 0.05) is 6.07 Å². The Bertz CT molecular complexity index is 1070. The van der Waals surface area contributed by atoms with Crippen molar-refractivity contribution in [2.45, 2.75) is 50.8 Å². The lowest BCUT2D eigenvalue weighted by atomic mass is 9.89. The first-order chi connectivity index (χ1) is 15.9. The summed E-state index contributed by atoms with van der Waals surface area (Å²) in [6.45, 7) is 3.41. The molecule has 174 valence electrons. The van der Waals surface area contributed by atoms with E-state index in [0.29, 0.717) is 23.6 Å². The van der Waals surface area contributed by atoms with Crippen molar-refractivity contribution >= 4 is 0 Å². The molecule has 2 aromatic carbocycles. The summed E-state index contributed by atoms with van der Waals surface area (Å²) in [5, 5.41) is 48.0. The topological polar surface area (TPSA) is 125 Å². The minimum Gasteiger partial charge on any atom is -0.438 e. The molecule has 0 spiro atoms. The molecule has 0 radical (unpaired) electrons. The van der Waals surface area contributed by atoms with Gasteiger partial charge in [-0.3, -0.25) is 0 Å². The number of nitrogens with zero attached hydrogens (tertiary/aromatic N) is 2. The average molecular weight is 453 g/mol. The molecule has 0 bridgehead atoms. The van der Waals surface area contributed by atoms with Gasteiger partial charge >= 0.3 is 0 Å². The molecule has 0 unspecified atom stereocenters. The summed E-state index contributed by atoms with van der Waals surface area (Å²) < 4.78 is 11.4. The van der Waals surface area contributed by atoms with Gasteiger partial charge in [-0.05, 0) is 60.7 Å². The number of ether oxygens (including phenoxy) is 2. The molecule has 5 atom stereocenters. The lowest BCUT2D eigenvalue weighted by molar-refractivity contribution is -0.231. The highest BCUT2D eigenvalue weighted by molar-refractivity contribution is 5.39. The first kappa shape index (κ1) is 23.3. The fourth-order valence-electron chi connectivity index (χ4n) is 3.89. The molecule has 4 rings (SSSR count). The molecule has 1 aromatic heterocycles. The number of aryl methyl sites for hydroxylation is 2. The Morgan fingerprint density at radius 1 is 0.879 bits per heavy atom. The molecule has 2 heterocycles. The molecular formula is C25H28N2O6. The Hall–Kier alpha value is -2.88. The Morgan fingerprint density at radius 2 is 1.64 bits per heavy atom. The van der Waals surface area contributed by atoms with Crippen LogP contribution in [0, 0.1) is 13.8 Å². The van der Waals surface area contributed by atoms with E-state index in [-0.39, 0.29) is 0 Å². The first-order valence-corrected chi connectivity index (χ1v) is 10.8. The molecule has 8 heteroatoms. The van der Waals surface area contributed by atoms with Gasteiger partial charge in [0.25, 0.3) is 0 Å². The summed E-state index contributed by atoms with van der Waals surface area (Å²) in [7, 11) is 0. The molecule has 0 amide bonds. The molecule has 0 aliphatic carbocycles. The third kappa shape index (κ3) is 5.21. The molecule has 1 aliphatic heterocycles. The van der Waals surface area contributed by atoms with Gasteiger partial charge in [0.05, 0.1) is 12.3 Å². The second-order valence-electron chi connectivity index (χ2n) is 8.37. The van der Waals surface area contributed by atoms with Crippen molar-refractivity contribution in [2.24, 2.45) is 0 Å². The number of rotatable bonds is 6. The first-order valence-electron chi connectivity index (χ1n) is 10.8. The van der Waals surface area contributed by atoms with Crippen LogP contribution in [0.3, 0.4) is 0 Å². The van der Waals surface area contributed by atoms with E-state index in [1.54, 1.807) is 6.07 Å². The predicted molar refractivity (Wildman–Crippen MR) is 120 cm³/mol. The van der Waals surface area contributed by atoms with Gasteiger partial charge in [-0.15, -0.1) is 5.10 Å². The smallest absolute Gasteiger partial charge is 0.238 e. The van der Waals surface area contributed by atoms with Crippen LogP contribution in [0.2, 0.25) is 0 Å². The van der Waals surface area contributed by atoms with Gasteiger partial charge in [0.2, 0.25) is 5.88 Å². The molecule has 0 saturated carbocycles. The van der Waals surface area contributed by atoms with Gasteiger partial charge in [-0.1, -0.05) is 30.3 Å². The number of benzene rings is 2. The van der Waals surface area contributed by atoms with Gasteiger partial charge in [-0.25, -0.2) is 0 Å². The number of aliphatic hydroxyl groups is 4. The molecule has 1 saturated heterocycles. The highest BCUT2D eigenvalue weighted by atomic mass is 16.5. The Morgan fingerprint density at radius 3 is 2.30 bits per heavy atom. The van der Waals surface area contributed by atoms with Crippen LogP contribution in [0.25, 0.3) is 0 Å². The summed E-state index contributed by atoms with van der Waals surface area (Å²) in [4.78, 5) is 0. The van der Waals surface area contributed by atoms with E-state index in [9.17, 15) is 20.4 Å². The minimum absolute atomic E-state index is 0.427. The zero-order valence-corrected chi connectivity index (χ0v) is 18.5. The van der Waals surface area contributed by atoms with Crippen LogP contribution in [0.5, 0.6) is 11.6 Å². The maximum absolute atomic E-state index is 10.5. The van der Waals surface area contributed by atoms with E-state index in [0.717, 1.165) is 22.4 Å². The van der Waals surface area contributed by atoms with Crippen LogP contribution >= 0.6 is 0 Å². The van der Waals surface area contributed by atoms with E-state index < -0.39 is 37.1 Å². The van der Waals surface area contributed by atoms with E-state index in [4.69, 9.17) is 9.47 Å². The van der Waals surface area contributed by atoms with E-state index in [1.807, 2.05) is 62.4 Å². The van der Waals surface area contributed by atoms with Gasteiger partial charge in [-0.2, -0.15) is 5.10 Å². The zero-order valence-electron chi connectivity index (χ0n) is 18.5. The normalized spacial score (nSPS) is 25.1. The SMILES string of the molecule is Cc1ccc(Oc2ccc(Cc3cc([C@@H]4O[C@H](CO)[C@@H](O)[C@H](O)[C@H]4O)ccc3C)cc2)nn1. The van der Waals surface area contributed by atoms with Crippen LogP contribution in [0.4, 0.5) is 0 Å². The lowest BCUT2D eigenvalue weighted by Gasteiger charge is -2.40. The third-order valence-corrected chi connectivity index (χ3v) is 5.91. The molecule has 4 N–H and O–H groups in total. The number of aliphatic hydroxyl groups excluding tert-OH is 4. The van der Waals surface area contributed by atoms with Crippen molar-refractivity contribution in [1.29, 1.82) is 0 Å². The number of hydrogen-bond acceptors (Lipinski definition) is 8. The maximum atomic E-state index is 10.5. The van der Waals surface area contributed by atoms with Crippen molar-refractivity contribution in [1.82, 2.24) is 10.2 Å². The minimum atomic E-state index is -1.41. The zero-order chi connectivity index (χ0) is 23.5. The highest BCUT2D eigenvalue weighted by Gasteiger charge is 2.43. The summed E-state index contributed by atoms with van der Waals surface area (Å²) >= 11 is 0. The van der Waals surface area contributed by atoms with Crippen LogP contribution in [-0.4, -0.2) is 61.6 Å². The largest absolute Gasteiger partial charge is 0.438 e. The Balaban J connectivity index is 1.49. The standard InChI is InChI=1S/C25H28N2O6/c1-14-3-7-17(25-24(31)23(30)22(29)20(13-28)33-25)12-18(14)11-16-5-8-19(9-6-16)32-21-10-4-15(2)26-27-21/h3-10,12,20,22-25,28-31H,11,13H2,1-2H3/t20-,22-,23+,24-,25+/m1/s1. The van der Waals surface area contributed by atoms with Crippen molar-refractivity contribution in [3.8, 4) is 11.6 Å². The third-order valence-electron chi connectivity index (χ3n) is 5.91. The highest BCUT2D eigenvalue weighted by Crippen LogP contribution is 2.33. The average Bonchev–Trinajstić information content (AvgIpc) is 2.82. The fraction of sp³-hybridized carbons (Fsp3) is 0.360. The second kappa shape index (κ2) is 9.94. The second-order valence-corrected chi connectivity index (χ2v) is 8.37. The van der Waals surface area contributed by atoms with Crippen LogP contribution in [0.1, 0.15) is 34.1 Å². The molecular weight excluding hydrogens is 424 g/mol. The van der Waals surface area contributed by atoms with Crippen LogP contribution < -0.4 is 4.74 Å². The van der Waals surface area contributed by atoms with Crippen LogP contribution in [0.15, 0.2) is 54.6 Å². The summed E-state index contributed by atoms with van der Waals surface area (Å²) in [6, 6.07) is 17.0. The lowest BCUT2D eigenvalue weighted by Crippen LogP contribution is -2.55. The molecule has 33 heavy (non-hydrogen) atoms. The summed E-state index contributed by atoms with van der Waals surface area (Å²) in [5.74, 6) is 1.08. The molecule has 1 fully saturated rings. The van der Waals surface area contributed by atoms with Crippen molar-refractivity contribution < 1.29 is 29.9 Å². The molecule has 1 aliphatic rings. The van der Waals surface area contributed by atoms with E-state index >= 15 is 0 Å². The van der Waals surface area contributed by atoms with Crippen LogP contribution in [-0.2, 0) is 11.2 Å². The van der Waals surface area contributed by atoms with Gasteiger partial charge < -0.3 is 29.9 Å². The predicted octanol–water partition coefficient (Wildman–Crippen LogP) is 1.99. The Kier molecular flexibility index (Phi) is 7.02. The summed E-state index contributed by atoms with van der Waals surface area (Å²) in [6.07, 6.45) is -5.24. The van der Waals surface area contributed by atoms with Gasteiger partial charge in [0.1, 0.15) is 36.3 Å². The maximum Gasteiger partial charge on any atom is 0.238 e. The van der Waals surface area contributed by atoms with Crippen molar-refractivity contribution in [3.63, 3.8) is 0 Å². The molecule has 8 nitrogen and oxygen atoms in total. The quantitative estimate of drug-likeness (QED) is 0.448. The van der Waals surface area contributed by atoms with Crippen molar-refractivity contribution in [2.75, 3.05) is 6.61 Å². The number of hydrogen-bond donors (Lipinski definition) is 4. The monoisotopic (exact) mass is 452 g/mol. The van der Waals surface area contributed by atoms with Crippen molar-refractivity contribution in [3.05, 3.63) is 82.5 Å². The van der Waals surface area contributed by atoms with E-state index in [1.165, 1.54) is 0 Å². The van der Waals surface area contributed by atoms with E-state index in [2.05, 4.69) is 10.2 Å². The fourth-order valence-corrected chi connectivity index (χ4v) is 3.89. The summed E-state index contributed by atoms with van der Waals surface area (Å²) in [5.41, 5.74) is 4.65. The molecule has 3 aromatic rings.